The molecule has 1 atom stereocenters. The summed E-state index contributed by atoms with van der Waals surface area (Å²) in [6, 6.07) is 0. The van der Waals surface area contributed by atoms with Crippen LogP contribution in [-0.4, -0.2) is 80.7 Å². The summed E-state index contributed by atoms with van der Waals surface area (Å²) in [7, 11) is -2.09. The van der Waals surface area contributed by atoms with Crippen molar-refractivity contribution < 1.29 is 22.2 Å². The maximum Gasteiger partial charge on any atom is 0.183 e. The number of likely N-dealkylation sites (N-methyl/N-ethyl adjacent to an activating group) is 1. The van der Waals surface area contributed by atoms with Crippen LogP contribution in [0.3, 0.4) is 0 Å². The van der Waals surface area contributed by atoms with E-state index < -0.39 is 16.2 Å². The van der Waals surface area contributed by atoms with Crippen LogP contribution in [0.25, 0.3) is 0 Å². The molecule has 2 fully saturated rings. The average Bonchev–Trinajstić information content (AvgIpc) is 2.52. The van der Waals surface area contributed by atoms with Gasteiger partial charge >= 0.3 is 0 Å². The van der Waals surface area contributed by atoms with Gasteiger partial charge in [0.15, 0.2) is 6.73 Å². The van der Waals surface area contributed by atoms with E-state index >= 15 is 0 Å². The molecule has 1 spiro atoms. The Morgan fingerprint density at radius 3 is 2.62 bits per heavy atom. The summed E-state index contributed by atoms with van der Waals surface area (Å²) in [5.74, 6) is -0.386. The fraction of sp³-hybridized carbons (Fsp3) is 1.00. The second-order valence-electron chi connectivity index (χ2n) is 4.92. The molecule has 6 nitrogen and oxygen atoms in total. The van der Waals surface area contributed by atoms with Crippen molar-refractivity contribution in [1.82, 2.24) is 4.90 Å². The Morgan fingerprint density at radius 2 is 2.06 bits per heavy atom. The second-order valence-corrected chi connectivity index (χ2v) is 6.37. The molecule has 94 valence electrons. The van der Waals surface area contributed by atoms with E-state index in [1.54, 1.807) is 0 Å². The van der Waals surface area contributed by atoms with Crippen LogP contribution in [0, 0.1) is 0 Å². The number of nitrogens with zero attached hydrogens (tertiary/aromatic N) is 2. The highest BCUT2D eigenvalue weighted by Crippen LogP contribution is 2.22. The van der Waals surface area contributed by atoms with Gasteiger partial charge in [-0.05, 0) is 7.05 Å². The second kappa shape index (κ2) is 4.23. The lowest BCUT2D eigenvalue weighted by molar-refractivity contribution is -0.929. The van der Waals surface area contributed by atoms with Gasteiger partial charge in [0.25, 0.3) is 0 Å². The molecule has 0 radical (unpaired) electrons. The molecule has 0 aromatic heterocycles. The van der Waals surface area contributed by atoms with Crippen LogP contribution in [0.4, 0.5) is 0 Å². The van der Waals surface area contributed by atoms with E-state index in [1.165, 1.54) is 0 Å². The third-order valence-corrected chi connectivity index (χ3v) is 4.26. The molecule has 2 saturated heterocycles. The van der Waals surface area contributed by atoms with E-state index in [2.05, 4.69) is 11.9 Å². The van der Waals surface area contributed by atoms with Crippen LogP contribution in [0.5, 0.6) is 0 Å². The monoisotopic (exact) mass is 250 g/mol. The summed E-state index contributed by atoms with van der Waals surface area (Å²) in [5.41, 5.74) is 0. The van der Waals surface area contributed by atoms with Crippen molar-refractivity contribution in [3.8, 4) is 0 Å². The van der Waals surface area contributed by atoms with Gasteiger partial charge in [0.05, 0.1) is 29.0 Å². The van der Waals surface area contributed by atoms with Crippen LogP contribution in [0.2, 0.25) is 0 Å². The largest absolute Gasteiger partial charge is 0.748 e. The molecule has 1 unspecified atom stereocenters. The molecule has 0 bridgehead atoms. The van der Waals surface area contributed by atoms with Crippen LogP contribution in [0.15, 0.2) is 0 Å². The predicted octanol–water partition coefficient (Wildman–Crippen LogP) is -1.35. The minimum Gasteiger partial charge on any atom is -0.748 e. The van der Waals surface area contributed by atoms with Crippen LogP contribution in [0.1, 0.15) is 0 Å². The molecule has 2 heterocycles. The molecular formula is C9H18N2O4S. The minimum absolute atomic E-state index is 0.386. The van der Waals surface area contributed by atoms with Gasteiger partial charge in [0.1, 0.15) is 12.6 Å². The molecule has 0 aromatic rings. The van der Waals surface area contributed by atoms with E-state index in [0.29, 0.717) is 13.3 Å². The van der Waals surface area contributed by atoms with E-state index in [1.807, 2.05) is 0 Å². The van der Waals surface area contributed by atoms with Crippen molar-refractivity contribution in [3.63, 3.8) is 0 Å². The summed E-state index contributed by atoms with van der Waals surface area (Å²) >= 11 is 0. The van der Waals surface area contributed by atoms with E-state index in [0.717, 1.165) is 30.7 Å². The SMILES string of the molecule is CN1CC[N+]2(CC1)COC(CS(=O)(=O)[O-])C2. The van der Waals surface area contributed by atoms with E-state index in [-0.39, 0.29) is 5.75 Å². The number of rotatable bonds is 2. The smallest absolute Gasteiger partial charge is 0.183 e. The van der Waals surface area contributed by atoms with Crippen LogP contribution < -0.4 is 0 Å². The van der Waals surface area contributed by atoms with Gasteiger partial charge in [-0.15, -0.1) is 0 Å². The summed E-state index contributed by atoms with van der Waals surface area (Å²) in [5, 5.41) is 0. The van der Waals surface area contributed by atoms with Gasteiger partial charge in [-0.2, -0.15) is 0 Å². The summed E-state index contributed by atoms with van der Waals surface area (Å²) in [6.45, 7) is 5.17. The lowest BCUT2D eigenvalue weighted by Gasteiger charge is -2.39. The Hall–Kier alpha value is -0.210. The Bertz CT molecular complexity index is 349. The molecular weight excluding hydrogens is 232 g/mol. The highest BCUT2D eigenvalue weighted by molar-refractivity contribution is 7.85. The Labute approximate surface area is 96.1 Å². The maximum atomic E-state index is 10.7. The van der Waals surface area contributed by atoms with Crippen molar-refractivity contribution in [2.45, 2.75) is 6.10 Å². The molecule has 0 N–H and O–H groups in total. The first-order valence-corrected chi connectivity index (χ1v) is 7.05. The Balaban J connectivity index is 1.92. The Morgan fingerprint density at radius 1 is 1.44 bits per heavy atom. The van der Waals surface area contributed by atoms with Gasteiger partial charge in [-0.1, -0.05) is 0 Å². The number of hydrogen-bond acceptors (Lipinski definition) is 5. The molecule has 7 heteroatoms. The molecule has 0 aliphatic carbocycles. The van der Waals surface area contributed by atoms with Gasteiger partial charge in [-0.3, -0.25) is 9.38 Å². The normalized spacial score (nSPS) is 31.0. The van der Waals surface area contributed by atoms with Crippen LogP contribution >= 0.6 is 0 Å². The third kappa shape index (κ3) is 2.92. The lowest BCUT2D eigenvalue weighted by Crippen LogP contribution is -2.57. The third-order valence-electron chi connectivity index (χ3n) is 3.48. The minimum atomic E-state index is -4.17. The molecule has 0 aromatic carbocycles. The standard InChI is InChI=1S/C9H18N2O4S/c1-10-2-4-11(5-3-10)6-9(15-8-11)7-16(12,13)14/h9H,2-8H2,1H3. The van der Waals surface area contributed by atoms with Crippen molar-refractivity contribution in [2.75, 3.05) is 52.3 Å². The Kier molecular flexibility index (Phi) is 3.24. The summed E-state index contributed by atoms with van der Waals surface area (Å²) in [4.78, 5) is 2.25. The van der Waals surface area contributed by atoms with Gasteiger partial charge in [0.2, 0.25) is 0 Å². The van der Waals surface area contributed by atoms with Crippen LogP contribution in [-0.2, 0) is 14.9 Å². The fourth-order valence-electron chi connectivity index (χ4n) is 2.43. The number of ether oxygens (including phenoxy) is 1. The van der Waals surface area contributed by atoms with Crippen molar-refractivity contribution in [2.24, 2.45) is 0 Å². The topological polar surface area (TPSA) is 69.7 Å². The van der Waals surface area contributed by atoms with E-state index in [4.69, 9.17) is 4.74 Å². The first kappa shape index (κ1) is 12.3. The fourth-order valence-corrected chi connectivity index (χ4v) is 3.09. The quantitative estimate of drug-likeness (QED) is 0.448. The molecule has 16 heavy (non-hydrogen) atoms. The molecule has 2 rings (SSSR count). The zero-order valence-electron chi connectivity index (χ0n) is 9.46. The zero-order valence-corrected chi connectivity index (χ0v) is 10.3. The maximum absolute atomic E-state index is 10.7. The molecule has 0 saturated carbocycles. The van der Waals surface area contributed by atoms with E-state index in [9.17, 15) is 13.0 Å². The first-order chi connectivity index (χ1) is 7.39. The first-order valence-electron chi connectivity index (χ1n) is 5.47. The number of hydrogen-bond donors (Lipinski definition) is 0. The predicted molar refractivity (Wildman–Crippen MR) is 56.7 cm³/mol. The molecule has 0 amide bonds. The van der Waals surface area contributed by atoms with Crippen molar-refractivity contribution >= 4 is 10.1 Å². The summed E-state index contributed by atoms with van der Waals surface area (Å²) < 4.78 is 38.2. The van der Waals surface area contributed by atoms with Crippen molar-refractivity contribution in [1.29, 1.82) is 0 Å². The van der Waals surface area contributed by atoms with Gasteiger partial charge in [-0.25, -0.2) is 8.42 Å². The lowest BCUT2D eigenvalue weighted by atomic mass is 10.2. The zero-order chi connectivity index (χ0) is 11.8. The van der Waals surface area contributed by atoms with Gasteiger partial charge < -0.3 is 9.29 Å². The highest BCUT2D eigenvalue weighted by Gasteiger charge is 2.41. The van der Waals surface area contributed by atoms with Crippen molar-refractivity contribution in [3.05, 3.63) is 0 Å². The summed E-state index contributed by atoms with van der Waals surface area (Å²) in [6.07, 6.45) is -0.411. The van der Waals surface area contributed by atoms with Gasteiger partial charge in [0, 0.05) is 13.1 Å². The number of quaternary nitrogens is 1. The molecule has 2 aliphatic heterocycles. The highest BCUT2D eigenvalue weighted by atomic mass is 32.2. The number of piperazine rings is 1. The molecule has 2 aliphatic rings. The average molecular weight is 250 g/mol.